The van der Waals surface area contributed by atoms with Crippen LogP contribution in [0.1, 0.15) is 33.3 Å². The highest BCUT2D eigenvalue weighted by molar-refractivity contribution is 5.91. The van der Waals surface area contributed by atoms with Crippen LogP contribution in [0.15, 0.2) is 35.1 Å². The van der Waals surface area contributed by atoms with Crippen molar-refractivity contribution in [3.05, 3.63) is 46.2 Å². The summed E-state index contributed by atoms with van der Waals surface area (Å²) in [4.78, 5) is 59.7. The molecule has 0 saturated carbocycles. The second kappa shape index (κ2) is 9.05. The Labute approximate surface area is 199 Å². The monoisotopic (exact) mass is 479 g/mol. The first kappa shape index (κ1) is 23.7. The molecular formula is C25H21NO9. The third-order valence-corrected chi connectivity index (χ3v) is 5.24. The molecule has 1 aromatic heterocycles. The van der Waals surface area contributed by atoms with Crippen LogP contribution in [0.25, 0.3) is 22.0 Å². The Morgan fingerprint density at radius 3 is 1.71 bits per heavy atom. The molecule has 0 radical (unpaired) electrons. The summed E-state index contributed by atoms with van der Waals surface area (Å²) in [6, 6.07) is 7.70. The number of esters is 4. The van der Waals surface area contributed by atoms with E-state index >= 15 is 0 Å². The largest absolute Gasteiger partial charge is 0.423 e. The number of benzene rings is 2. The number of ether oxygens (including phenoxy) is 4. The van der Waals surface area contributed by atoms with E-state index in [4.69, 9.17) is 18.9 Å². The van der Waals surface area contributed by atoms with E-state index in [0.29, 0.717) is 29.6 Å². The van der Waals surface area contributed by atoms with E-state index in [1.165, 1.54) is 39.8 Å². The molecule has 0 spiro atoms. The van der Waals surface area contributed by atoms with E-state index in [2.05, 4.69) is 0 Å². The summed E-state index contributed by atoms with van der Waals surface area (Å²) in [6.45, 7) is 5.20. The van der Waals surface area contributed by atoms with Gasteiger partial charge in [-0.15, -0.1) is 0 Å². The lowest BCUT2D eigenvalue weighted by molar-refractivity contribution is -0.134. The molecule has 1 aliphatic rings. The van der Waals surface area contributed by atoms with Crippen molar-refractivity contribution in [2.75, 3.05) is 0 Å². The van der Waals surface area contributed by atoms with E-state index < -0.39 is 23.9 Å². The number of fused-ring (bicyclic) bond motifs is 4. The number of rotatable bonds is 4. The number of carbonyl (C=O) groups excluding carboxylic acids is 4. The molecule has 2 aromatic carbocycles. The Morgan fingerprint density at radius 2 is 1.17 bits per heavy atom. The lowest BCUT2D eigenvalue weighted by Gasteiger charge is -2.24. The molecule has 0 N–H and O–H groups in total. The highest BCUT2D eigenvalue weighted by Gasteiger charge is 2.24. The molecule has 0 bridgehead atoms. The number of carbonyl (C=O) groups is 4. The summed E-state index contributed by atoms with van der Waals surface area (Å²) in [7, 11) is 0. The van der Waals surface area contributed by atoms with Gasteiger partial charge in [0.05, 0.1) is 11.1 Å². The number of nitrogens with zero attached hydrogens (tertiary/aromatic N) is 1. The van der Waals surface area contributed by atoms with Crippen LogP contribution in [0, 0.1) is 0 Å². The second-order valence-corrected chi connectivity index (χ2v) is 7.95. The van der Waals surface area contributed by atoms with Crippen LogP contribution < -0.4 is 24.5 Å². The molecule has 35 heavy (non-hydrogen) atoms. The number of hydrogen-bond acceptors (Lipinski definition) is 9. The van der Waals surface area contributed by atoms with Gasteiger partial charge in [0, 0.05) is 39.8 Å². The van der Waals surface area contributed by atoms with E-state index in [0.717, 1.165) is 5.56 Å². The van der Waals surface area contributed by atoms with Crippen LogP contribution in [-0.4, -0.2) is 28.4 Å². The first-order chi connectivity index (χ1) is 16.5. The van der Waals surface area contributed by atoms with Crippen LogP contribution >= 0.6 is 0 Å². The minimum atomic E-state index is -0.633. The fraction of sp³-hybridized carbons (Fsp3) is 0.240. The number of pyridine rings is 1. The van der Waals surface area contributed by atoms with Crippen LogP contribution in [-0.2, 0) is 32.1 Å². The lowest BCUT2D eigenvalue weighted by atomic mass is 9.95. The highest BCUT2D eigenvalue weighted by atomic mass is 16.6. The third-order valence-electron chi connectivity index (χ3n) is 5.24. The summed E-state index contributed by atoms with van der Waals surface area (Å²) in [5, 5.41) is 0.709. The van der Waals surface area contributed by atoms with Gasteiger partial charge < -0.3 is 23.5 Å². The van der Waals surface area contributed by atoms with Crippen LogP contribution in [0.2, 0.25) is 0 Å². The average molecular weight is 479 g/mol. The maximum Gasteiger partial charge on any atom is 0.308 e. The summed E-state index contributed by atoms with van der Waals surface area (Å²) in [5.41, 5.74) is 1.58. The predicted molar refractivity (Wildman–Crippen MR) is 123 cm³/mol. The van der Waals surface area contributed by atoms with E-state index in [-0.39, 0.29) is 33.9 Å². The number of aryl methyl sites for hydroxylation is 1. The van der Waals surface area contributed by atoms with Crippen molar-refractivity contribution in [2.24, 2.45) is 0 Å². The smallest absolute Gasteiger partial charge is 0.308 e. The summed E-state index contributed by atoms with van der Waals surface area (Å²) in [5.74, 6) is -2.34. The van der Waals surface area contributed by atoms with Gasteiger partial charge in [0.25, 0.3) is 5.56 Å². The molecule has 10 heteroatoms. The van der Waals surface area contributed by atoms with Gasteiger partial charge in [-0.3, -0.25) is 24.0 Å². The first-order valence-corrected chi connectivity index (χ1v) is 10.7. The molecule has 0 amide bonds. The molecule has 4 rings (SSSR count). The van der Waals surface area contributed by atoms with Crippen molar-refractivity contribution in [2.45, 2.75) is 40.7 Å². The zero-order valence-corrected chi connectivity index (χ0v) is 19.4. The SMILES string of the molecule is CC(=O)Oc1cc2c(cc1OC(C)=O)-c1cc3cc(OC(C)=O)c(OC(C)=O)cc3c(=O)n1CC2. The van der Waals surface area contributed by atoms with Gasteiger partial charge in [-0.2, -0.15) is 0 Å². The molecule has 0 atom stereocenters. The Hall–Kier alpha value is -4.47. The van der Waals surface area contributed by atoms with Crippen LogP contribution in [0.3, 0.4) is 0 Å². The predicted octanol–water partition coefficient (Wildman–Crippen LogP) is 2.93. The fourth-order valence-corrected chi connectivity index (χ4v) is 4.02. The average Bonchev–Trinajstić information content (AvgIpc) is 2.74. The zero-order chi connectivity index (χ0) is 25.4. The standard InChI is InChI=1S/C25H21NO9/c1-12(27)32-21-8-16-5-6-26-20(18(16)10-23(21)34-14(3)29)7-17-9-22(33-13(2)28)24(35-15(4)30)11-19(17)25(26)31/h7-11H,5-6H2,1-4H3. The summed E-state index contributed by atoms with van der Waals surface area (Å²) in [6.07, 6.45) is 0.449. The summed E-state index contributed by atoms with van der Waals surface area (Å²) < 4.78 is 22.4. The van der Waals surface area contributed by atoms with Crippen molar-refractivity contribution in [1.29, 1.82) is 0 Å². The molecule has 2 heterocycles. The van der Waals surface area contributed by atoms with Gasteiger partial charge in [-0.1, -0.05) is 0 Å². The van der Waals surface area contributed by atoms with Crippen molar-refractivity contribution in [3.8, 4) is 34.3 Å². The Balaban J connectivity index is 1.95. The van der Waals surface area contributed by atoms with E-state index in [9.17, 15) is 24.0 Å². The van der Waals surface area contributed by atoms with Gasteiger partial charge in [0.1, 0.15) is 0 Å². The Kier molecular flexibility index (Phi) is 6.12. The quantitative estimate of drug-likeness (QED) is 0.410. The van der Waals surface area contributed by atoms with Crippen molar-refractivity contribution in [3.63, 3.8) is 0 Å². The lowest BCUT2D eigenvalue weighted by Crippen LogP contribution is -2.26. The van der Waals surface area contributed by atoms with Gasteiger partial charge in [-0.05, 0) is 47.7 Å². The molecular weight excluding hydrogens is 458 g/mol. The van der Waals surface area contributed by atoms with Crippen molar-refractivity contribution >= 4 is 34.6 Å². The first-order valence-electron chi connectivity index (χ1n) is 10.7. The van der Waals surface area contributed by atoms with Gasteiger partial charge in [0.2, 0.25) is 0 Å². The van der Waals surface area contributed by atoms with E-state index in [1.54, 1.807) is 22.8 Å². The zero-order valence-electron chi connectivity index (χ0n) is 19.4. The highest BCUT2D eigenvalue weighted by Crippen LogP contribution is 2.40. The molecule has 180 valence electrons. The maximum atomic E-state index is 13.4. The van der Waals surface area contributed by atoms with Crippen molar-refractivity contribution < 1.29 is 38.1 Å². The third kappa shape index (κ3) is 4.77. The number of aromatic nitrogens is 1. The minimum absolute atomic E-state index is 0.00797. The minimum Gasteiger partial charge on any atom is -0.423 e. The topological polar surface area (TPSA) is 127 Å². The Bertz CT molecular complexity index is 1480. The van der Waals surface area contributed by atoms with Crippen LogP contribution in [0.4, 0.5) is 0 Å². The second-order valence-electron chi connectivity index (χ2n) is 7.95. The number of hydrogen-bond donors (Lipinski definition) is 0. The van der Waals surface area contributed by atoms with Gasteiger partial charge >= 0.3 is 23.9 Å². The van der Waals surface area contributed by atoms with E-state index in [1.807, 2.05) is 0 Å². The fourth-order valence-electron chi connectivity index (χ4n) is 4.02. The summed E-state index contributed by atoms with van der Waals surface area (Å²) >= 11 is 0. The molecule has 0 unspecified atom stereocenters. The molecule has 1 aliphatic heterocycles. The molecule has 0 aliphatic carbocycles. The maximum absolute atomic E-state index is 13.4. The van der Waals surface area contributed by atoms with Crippen molar-refractivity contribution in [1.82, 2.24) is 4.57 Å². The van der Waals surface area contributed by atoms with Gasteiger partial charge in [-0.25, -0.2) is 0 Å². The molecule has 3 aromatic rings. The normalized spacial score (nSPS) is 11.8. The molecule has 0 saturated heterocycles. The van der Waals surface area contributed by atoms with Gasteiger partial charge in [0.15, 0.2) is 23.0 Å². The molecule has 10 nitrogen and oxygen atoms in total. The van der Waals surface area contributed by atoms with Crippen LogP contribution in [0.5, 0.6) is 23.0 Å². The molecule has 0 fully saturated rings. The Morgan fingerprint density at radius 1 is 0.686 bits per heavy atom.